The Kier molecular flexibility index (Phi) is 6.71. The predicted molar refractivity (Wildman–Crippen MR) is 68.7 cm³/mol. The van der Waals surface area contributed by atoms with Gasteiger partial charge in [-0.05, 0) is 19.4 Å². The molecular weight excluding hydrogens is 255 g/mol. The molecule has 3 unspecified atom stereocenters. The number of hydrogen-bond acceptors (Lipinski definition) is 5. The molecule has 1 aromatic carbocycles. The maximum absolute atomic E-state index is 9.17. The van der Waals surface area contributed by atoms with Crippen LogP contribution < -0.4 is 0 Å². The minimum atomic E-state index is -2.46. The monoisotopic (exact) mass is 274 g/mol. The van der Waals surface area contributed by atoms with Crippen LogP contribution in [-0.2, 0) is 9.26 Å². The highest BCUT2D eigenvalue weighted by Gasteiger charge is 2.24. The molecule has 18 heavy (non-hydrogen) atoms. The molecule has 0 saturated heterocycles. The number of aliphatic hydroxyl groups is 1. The van der Waals surface area contributed by atoms with Crippen LogP contribution >= 0.6 is 8.60 Å². The highest BCUT2D eigenvalue weighted by molar-refractivity contribution is 7.39. The van der Waals surface area contributed by atoms with Crippen LogP contribution in [0.25, 0.3) is 0 Å². The first-order chi connectivity index (χ1) is 8.50. The van der Waals surface area contributed by atoms with Gasteiger partial charge < -0.3 is 24.2 Å². The van der Waals surface area contributed by atoms with Gasteiger partial charge in [0.1, 0.15) is 6.10 Å². The van der Waals surface area contributed by atoms with Crippen LogP contribution in [0.4, 0.5) is 0 Å². The van der Waals surface area contributed by atoms with Crippen molar-refractivity contribution in [1.82, 2.24) is 0 Å². The smallest absolute Gasteiger partial charge is 0.327 e. The van der Waals surface area contributed by atoms with Crippen molar-refractivity contribution < 1.29 is 24.2 Å². The summed E-state index contributed by atoms with van der Waals surface area (Å²) in [5.41, 5.74) is 0.797. The highest BCUT2D eigenvalue weighted by Crippen LogP contribution is 2.36. The lowest BCUT2D eigenvalue weighted by molar-refractivity contribution is -0.0491. The van der Waals surface area contributed by atoms with E-state index in [1.54, 1.807) is 13.8 Å². The largest absolute Gasteiger partial charge is 0.391 e. The minimum Gasteiger partial charge on any atom is -0.391 e. The first-order valence-corrected chi connectivity index (χ1v) is 6.86. The van der Waals surface area contributed by atoms with E-state index in [1.807, 2.05) is 30.3 Å². The minimum absolute atomic E-state index is 0.169. The standard InChI is InChI=1S/C12H19O5P/c1-9(13)8-16-10(2)12(17-18(14)15)11-6-4-3-5-7-11/h3-7,9-10,12-15H,8H2,1-2H3. The van der Waals surface area contributed by atoms with Gasteiger partial charge in [-0.25, -0.2) is 0 Å². The van der Waals surface area contributed by atoms with Gasteiger partial charge in [-0.3, -0.25) is 0 Å². The van der Waals surface area contributed by atoms with Gasteiger partial charge in [-0.15, -0.1) is 0 Å². The molecule has 0 heterocycles. The lowest BCUT2D eigenvalue weighted by Gasteiger charge is -2.25. The fourth-order valence-corrected chi connectivity index (χ4v) is 2.04. The Morgan fingerprint density at radius 1 is 1.17 bits per heavy atom. The van der Waals surface area contributed by atoms with E-state index in [1.165, 1.54) is 0 Å². The Morgan fingerprint density at radius 2 is 1.78 bits per heavy atom. The number of rotatable bonds is 7. The van der Waals surface area contributed by atoms with Gasteiger partial charge in [0.15, 0.2) is 0 Å². The fourth-order valence-electron chi connectivity index (χ4n) is 1.54. The van der Waals surface area contributed by atoms with Gasteiger partial charge in [0, 0.05) is 0 Å². The molecule has 0 spiro atoms. The summed E-state index contributed by atoms with van der Waals surface area (Å²) in [5.74, 6) is 0. The van der Waals surface area contributed by atoms with Crippen LogP contribution in [0.15, 0.2) is 30.3 Å². The molecule has 0 fully saturated rings. The average Bonchev–Trinajstić information content (AvgIpc) is 2.34. The van der Waals surface area contributed by atoms with Gasteiger partial charge in [-0.1, -0.05) is 30.3 Å². The van der Waals surface area contributed by atoms with E-state index in [9.17, 15) is 5.11 Å². The molecule has 1 aromatic rings. The summed E-state index contributed by atoms with van der Waals surface area (Å²) in [4.78, 5) is 18.0. The molecule has 0 aliphatic heterocycles. The van der Waals surface area contributed by atoms with E-state index in [2.05, 4.69) is 0 Å². The van der Waals surface area contributed by atoms with Gasteiger partial charge in [0.25, 0.3) is 0 Å². The molecule has 3 N–H and O–H groups in total. The second-order valence-electron chi connectivity index (χ2n) is 4.08. The van der Waals surface area contributed by atoms with E-state index in [4.69, 9.17) is 19.0 Å². The Hall–Kier alpha value is -0.550. The Bertz CT molecular complexity index is 330. The second-order valence-corrected chi connectivity index (χ2v) is 4.79. The molecule has 1 rings (SSSR count). The lowest BCUT2D eigenvalue weighted by Crippen LogP contribution is -2.24. The van der Waals surface area contributed by atoms with Gasteiger partial charge in [0.05, 0.1) is 18.8 Å². The van der Waals surface area contributed by atoms with E-state index in [0.29, 0.717) is 0 Å². The second kappa shape index (κ2) is 7.79. The molecule has 0 aromatic heterocycles. The summed E-state index contributed by atoms with van der Waals surface area (Å²) >= 11 is 0. The molecular formula is C12H19O5P. The molecule has 3 atom stereocenters. The molecule has 0 aliphatic carbocycles. The Labute approximate surface area is 108 Å². The van der Waals surface area contributed by atoms with Gasteiger partial charge in [0.2, 0.25) is 0 Å². The Morgan fingerprint density at radius 3 is 2.28 bits per heavy atom. The number of hydrogen-bond donors (Lipinski definition) is 3. The van der Waals surface area contributed by atoms with E-state index in [0.717, 1.165) is 5.56 Å². The van der Waals surface area contributed by atoms with Gasteiger partial charge in [-0.2, -0.15) is 0 Å². The maximum Gasteiger partial charge on any atom is 0.327 e. The van der Waals surface area contributed by atoms with Crippen molar-refractivity contribution in [2.45, 2.75) is 32.2 Å². The average molecular weight is 274 g/mol. The number of benzene rings is 1. The van der Waals surface area contributed by atoms with Crippen LogP contribution in [0.5, 0.6) is 0 Å². The van der Waals surface area contributed by atoms with E-state index in [-0.39, 0.29) is 6.61 Å². The van der Waals surface area contributed by atoms with Crippen LogP contribution in [0, 0.1) is 0 Å². The van der Waals surface area contributed by atoms with Crippen LogP contribution in [0.2, 0.25) is 0 Å². The van der Waals surface area contributed by atoms with Crippen molar-refractivity contribution in [2.24, 2.45) is 0 Å². The van der Waals surface area contributed by atoms with Crippen molar-refractivity contribution in [3.8, 4) is 0 Å². The van der Waals surface area contributed by atoms with Crippen LogP contribution in [-0.4, -0.2) is 33.7 Å². The summed E-state index contributed by atoms with van der Waals surface area (Å²) in [7, 11) is -2.46. The third-order valence-corrected chi connectivity index (χ3v) is 2.78. The SMILES string of the molecule is CC(O)COC(C)C(OP(O)O)c1ccccc1. The summed E-state index contributed by atoms with van der Waals surface area (Å²) in [5, 5.41) is 9.17. The van der Waals surface area contributed by atoms with Crippen LogP contribution in [0.1, 0.15) is 25.5 Å². The maximum atomic E-state index is 9.17. The zero-order chi connectivity index (χ0) is 13.5. The van der Waals surface area contributed by atoms with Gasteiger partial charge >= 0.3 is 8.60 Å². The quantitative estimate of drug-likeness (QED) is 0.660. The van der Waals surface area contributed by atoms with Crippen molar-refractivity contribution in [3.05, 3.63) is 35.9 Å². The van der Waals surface area contributed by atoms with Crippen LogP contribution in [0.3, 0.4) is 0 Å². The first kappa shape index (κ1) is 15.5. The summed E-state index contributed by atoms with van der Waals surface area (Å²) < 4.78 is 10.5. The normalized spacial score (nSPS) is 16.6. The van der Waals surface area contributed by atoms with E-state index < -0.39 is 26.9 Å². The Balaban J connectivity index is 2.72. The summed E-state index contributed by atoms with van der Waals surface area (Å²) in [6.45, 7) is 3.55. The lowest BCUT2D eigenvalue weighted by atomic mass is 10.1. The number of ether oxygens (including phenoxy) is 1. The topological polar surface area (TPSA) is 79.2 Å². The molecule has 0 aliphatic rings. The zero-order valence-electron chi connectivity index (χ0n) is 10.4. The first-order valence-electron chi connectivity index (χ1n) is 5.70. The predicted octanol–water partition coefficient (Wildman–Crippen LogP) is 1.74. The molecule has 6 heteroatoms. The summed E-state index contributed by atoms with van der Waals surface area (Å²) in [6, 6.07) is 9.19. The zero-order valence-corrected chi connectivity index (χ0v) is 11.3. The van der Waals surface area contributed by atoms with Crippen molar-refractivity contribution in [1.29, 1.82) is 0 Å². The highest BCUT2D eigenvalue weighted by atomic mass is 31.2. The molecule has 0 saturated carbocycles. The third kappa shape index (κ3) is 5.40. The van der Waals surface area contributed by atoms with Crippen molar-refractivity contribution in [3.63, 3.8) is 0 Å². The van der Waals surface area contributed by atoms with Crippen molar-refractivity contribution in [2.75, 3.05) is 6.61 Å². The van der Waals surface area contributed by atoms with Crippen molar-refractivity contribution >= 4 is 8.60 Å². The molecule has 0 amide bonds. The summed E-state index contributed by atoms with van der Waals surface area (Å²) in [6.07, 6.45) is -1.55. The molecule has 102 valence electrons. The fraction of sp³-hybridized carbons (Fsp3) is 0.500. The molecule has 0 radical (unpaired) electrons. The van der Waals surface area contributed by atoms with E-state index >= 15 is 0 Å². The third-order valence-electron chi connectivity index (χ3n) is 2.36. The molecule has 0 bridgehead atoms. The molecule has 5 nitrogen and oxygen atoms in total. The number of aliphatic hydroxyl groups excluding tert-OH is 1.